The second kappa shape index (κ2) is 8.39. The maximum Gasteiger partial charge on any atom is 0.268 e. The van der Waals surface area contributed by atoms with Gasteiger partial charge in [-0.05, 0) is 45.0 Å². The van der Waals surface area contributed by atoms with E-state index in [1.807, 2.05) is 4.72 Å². The van der Waals surface area contributed by atoms with Crippen molar-refractivity contribution in [2.75, 3.05) is 36.3 Å². The number of hydrogen-bond acceptors (Lipinski definition) is 5. The molecule has 1 aromatic carbocycles. The lowest BCUT2D eigenvalue weighted by Gasteiger charge is -2.36. The average Bonchev–Trinajstić information content (AvgIpc) is 3.31. The molecule has 11 heteroatoms. The third kappa shape index (κ3) is 4.15. The third-order valence-corrected chi connectivity index (χ3v) is 8.24. The number of pyridine rings is 1. The fraction of sp³-hybridized carbons (Fsp3) is 0.476. The summed E-state index contributed by atoms with van der Waals surface area (Å²) >= 11 is 6.20. The first-order chi connectivity index (χ1) is 15.0. The molecule has 2 fully saturated rings. The molecule has 2 aromatic rings. The number of anilines is 2. The van der Waals surface area contributed by atoms with E-state index in [2.05, 4.69) is 23.9 Å². The van der Waals surface area contributed by atoms with Crippen LogP contribution < -0.4 is 9.62 Å². The van der Waals surface area contributed by atoms with E-state index in [0.29, 0.717) is 19.1 Å². The number of benzene rings is 1. The van der Waals surface area contributed by atoms with E-state index in [0.717, 1.165) is 44.0 Å². The Kier molecular flexibility index (Phi) is 6.06. The highest BCUT2D eigenvalue weighted by Crippen LogP contribution is 2.44. The summed E-state index contributed by atoms with van der Waals surface area (Å²) in [4.78, 5) is 6.25. The largest absolute Gasteiger partial charge is 0.370 e. The van der Waals surface area contributed by atoms with Gasteiger partial charge in [-0.2, -0.15) is 4.39 Å². The van der Waals surface area contributed by atoms with Crippen LogP contribution in [0.15, 0.2) is 29.2 Å². The highest BCUT2D eigenvalue weighted by atomic mass is 35.5. The lowest BCUT2D eigenvalue weighted by atomic mass is 9.80. The standard InChI is InChI=1S/C21H24ClF3N4O2S/c1-21(15-5-4-9-28(15)2)8-10-29(12-21)14-11-13(23)20(19(25)18(14)22)32(30,31)27-17-7-3-6-16(24)26-17/h3,6-7,11,15H,4-5,8-10,12H2,1-2H3,(H,26,27)/t15-,21-/m1/s1. The predicted octanol–water partition coefficient (Wildman–Crippen LogP) is 4.26. The Morgan fingerprint density at radius 2 is 2.00 bits per heavy atom. The highest BCUT2D eigenvalue weighted by Gasteiger charge is 2.44. The zero-order valence-corrected chi connectivity index (χ0v) is 19.3. The van der Waals surface area contributed by atoms with Crippen molar-refractivity contribution in [1.82, 2.24) is 9.88 Å². The average molecular weight is 489 g/mol. The Hall–Kier alpha value is -2.04. The molecule has 4 rings (SSSR count). The second-order valence-corrected chi connectivity index (χ2v) is 10.7. The Morgan fingerprint density at radius 3 is 2.66 bits per heavy atom. The zero-order chi connectivity index (χ0) is 23.3. The first-order valence-corrected chi connectivity index (χ1v) is 12.2. The van der Waals surface area contributed by atoms with E-state index >= 15 is 4.39 Å². The van der Waals surface area contributed by atoms with Gasteiger partial charge < -0.3 is 9.80 Å². The number of hydrogen-bond donors (Lipinski definition) is 1. The van der Waals surface area contributed by atoms with E-state index in [1.54, 1.807) is 4.90 Å². The number of rotatable bonds is 5. The van der Waals surface area contributed by atoms with Gasteiger partial charge in [-0.15, -0.1) is 0 Å². The Bertz CT molecular complexity index is 1150. The Balaban J connectivity index is 1.63. The molecule has 2 atom stereocenters. The van der Waals surface area contributed by atoms with Crippen molar-refractivity contribution >= 4 is 33.1 Å². The number of sulfonamides is 1. The second-order valence-electron chi connectivity index (χ2n) is 8.75. The number of likely N-dealkylation sites (tertiary alicyclic amines) is 1. The molecule has 3 heterocycles. The van der Waals surface area contributed by atoms with Gasteiger partial charge in [0.05, 0.1) is 5.69 Å². The Labute approximate surface area is 190 Å². The summed E-state index contributed by atoms with van der Waals surface area (Å²) in [6, 6.07) is 4.71. The smallest absolute Gasteiger partial charge is 0.268 e. The first-order valence-electron chi connectivity index (χ1n) is 10.3. The minimum absolute atomic E-state index is 0.0725. The number of aromatic nitrogens is 1. The molecular formula is C21H24ClF3N4O2S. The van der Waals surface area contributed by atoms with Crippen molar-refractivity contribution < 1.29 is 21.6 Å². The molecule has 2 aliphatic heterocycles. The van der Waals surface area contributed by atoms with Crippen molar-refractivity contribution in [3.8, 4) is 0 Å². The molecule has 0 saturated carbocycles. The van der Waals surface area contributed by atoms with Gasteiger partial charge in [0, 0.05) is 30.6 Å². The molecule has 0 unspecified atom stereocenters. The third-order valence-electron chi connectivity index (χ3n) is 6.49. The zero-order valence-electron chi connectivity index (χ0n) is 17.7. The monoisotopic (exact) mass is 488 g/mol. The lowest BCUT2D eigenvalue weighted by molar-refractivity contribution is 0.153. The summed E-state index contributed by atoms with van der Waals surface area (Å²) in [5, 5.41) is -0.469. The first kappa shape index (κ1) is 23.1. The molecular weight excluding hydrogens is 465 g/mol. The summed E-state index contributed by atoms with van der Waals surface area (Å²) in [6.45, 7) is 4.29. The summed E-state index contributed by atoms with van der Waals surface area (Å²) in [5.41, 5.74) is 0.0468. The SMILES string of the molecule is CN1CCC[C@@H]1[C@]1(C)CCN(c2cc(F)c(S(=O)(=O)Nc3cccc(F)n3)c(F)c2Cl)C1. The van der Waals surface area contributed by atoms with Gasteiger partial charge in [0.15, 0.2) is 10.7 Å². The van der Waals surface area contributed by atoms with E-state index < -0.39 is 43.3 Å². The van der Waals surface area contributed by atoms with E-state index in [9.17, 15) is 17.2 Å². The molecule has 6 nitrogen and oxygen atoms in total. The van der Waals surface area contributed by atoms with Crippen LogP contribution in [-0.4, -0.2) is 51.0 Å². The van der Waals surface area contributed by atoms with Crippen molar-refractivity contribution in [3.63, 3.8) is 0 Å². The van der Waals surface area contributed by atoms with Gasteiger partial charge in [0.25, 0.3) is 10.0 Å². The van der Waals surface area contributed by atoms with Gasteiger partial charge >= 0.3 is 0 Å². The molecule has 0 amide bonds. The van der Waals surface area contributed by atoms with E-state index in [1.165, 1.54) is 6.07 Å². The molecule has 0 spiro atoms. The normalized spacial score (nSPS) is 24.3. The van der Waals surface area contributed by atoms with Gasteiger partial charge in [-0.25, -0.2) is 22.2 Å². The summed E-state index contributed by atoms with van der Waals surface area (Å²) in [5.74, 6) is -4.01. The van der Waals surface area contributed by atoms with Crippen LogP contribution in [0, 0.1) is 23.0 Å². The molecule has 2 aliphatic rings. The van der Waals surface area contributed by atoms with Crippen LogP contribution in [0.25, 0.3) is 0 Å². The molecule has 1 N–H and O–H groups in total. The molecule has 32 heavy (non-hydrogen) atoms. The van der Waals surface area contributed by atoms with Gasteiger partial charge in [0.1, 0.15) is 16.7 Å². The van der Waals surface area contributed by atoms with Crippen LogP contribution in [0.2, 0.25) is 5.02 Å². The van der Waals surface area contributed by atoms with Crippen molar-refractivity contribution in [2.45, 2.75) is 37.1 Å². The minimum atomic E-state index is -4.74. The topological polar surface area (TPSA) is 65.5 Å². The van der Waals surface area contributed by atoms with Gasteiger partial charge in [0.2, 0.25) is 5.95 Å². The quantitative estimate of drug-likeness (QED) is 0.503. The minimum Gasteiger partial charge on any atom is -0.370 e. The molecule has 174 valence electrons. The molecule has 1 aromatic heterocycles. The van der Waals surface area contributed by atoms with Crippen molar-refractivity contribution in [2.24, 2.45) is 5.41 Å². The molecule has 0 radical (unpaired) electrons. The lowest BCUT2D eigenvalue weighted by Crippen LogP contribution is -2.42. The summed E-state index contributed by atoms with van der Waals surface area (Å²) in [7, 11) is -2.65. The van der Waals surface area contributed by atoms with Gasteiger partial charge in [-0.1, -0.05) is 24.6 Å². The molecule has 2 saturated heterocycles. The van der Waals surface area contributed by atoms with Crippen LogP contribution in [-0.2, 0) is 10.0 Å². The maximum atomic E-state index is 15.1. The van der Waals surface area contributed by atoms with Crippen LogP contribution >= 0.6 is 11.6 Å². The van der Waals surface area contributed by atoms with Crippen LogP contribution in [0.5, 0.6) is 0 Å². The Morgan fingerprint density at radius 1 is 1.25 bits per heavy atom. The van der Waals surface area contributed by atoms with Crippen LogP contribution in [0.4, 0.5) is 24.7 Å². The van der Waals surface area contributed by atoms with E-state index in [4.69, 9.17) is 11.6 Å². The summed E-state index contributed by atoms with van der Waals surface area (Å²) in [6.07, 6.45) is 3.00. The van der Waals surface area contributed by atoms with E-state index in [-0.39, 0.29) is 11.1 Å². The number of nitrogens with zero attached hydrogens (tertiary/aromatic N) is 3. The fourth-order valence-corrected chi connectivity index (χ4v) is 6.42. The van der Waals surface area contributed by atoms with Crippen molar-refractivity contribution in [3.05, 3.63) is 46.9 Å². The highest BCUT2D eigenvalue weighted by molar-refractivity contribution is 7.92. The number of nitrogens with one attached hydrogen (secondary N) is 1. The number of halogens is 4. The maximum absolute atomic E-state index is 15.1. The molecule has 0 aliphatic carbocycles. The molecule has 0 bridgehead atoms. The summed E-state index contributed by atoms with van der Waals surface area (Å²) < 4.78 is 70.4. The van der Waals surface area contributed by atoms with Crippen LogP contribution in [0.1, 0.15) is 26.2 Å². The predicted molar refractivity (Wildman–Crippen MR) is 117 cm³/mol. The van der Waals surface area contributed by atoms with Gasteiger partial charge in [-0.3, -0.25) is 4.72 Å². The van der Waals surface area contributed by atoms with Crippen LogP contribution in [0.3, 0.4) is 0 Å². The van der Waals surface area contributed by atoms with Crippen molar-refractivity contribution in [1.29, 1.82) is 0 Å². The fourth-order valence-electron chi connectivity index (χ4n) is 4.95.